The van der Waals surface area contributed by atoms with Gasteiger partial charge in [-0.05, 0) is 13.0 Å². The zero-order chi connectivity index (χ0) is 16.2. The number of nitrogens with zero attached hydrogens (tertiary/aromatic N) is 4. The maximum absolute atomic E-state index is 12.2. The molecule has 23 heavy (non-hydrogen) atoms. The number of carbonyl (C=O) groups is 1. The SMILES string of the molecule is CCOC(=O)c1cnc2ccccc2c1NCc1ncnn1C. The van der Waals surface area contributed by atoms with E-state index in [1.54, 1.807) is 17.8 Å². The largest absolute Gasteiger partial charge is 0.462 e. The minimum absolute atomic E-state index is 0.314. The predicted molar refractivity (Wildman–Crippen MR) is 86.0 cm³/mol. The molecule has 0 aliphatic heterocycles. The molecule has 0 saturated heterocycles. The van der Waals surface area contributed by atoms with Gasteiger partial charge < -0.3 is 10.1 Å². The van der Waals surface area contributed by atoms with Crippen LogP contribution in [0.5, 0.6) is 0 Å². The highest BCUT2D eigenvalue weighted by Crippen LogP contribution is 2.26. The van der Waals surface area contributed by atoms with Crippen LogP contribution < -0.4 is 5.32 Å². The van der Waals surface area contributed by atoms with Crippen molar-refractivity contribution in [3.63, 3.8) is 0 Å². The van der Waals surface area contributed by atoms with Gasteiger partial charge in [0.05, 0.1) is 24.4 Å². The summed E-state index contributed by atoms with van der Waals surface area (Å²) < 4.78 is 6.81. The zero-order valence-corrected chi connectivity index (χ0v) is 13.0. The Morgan fingerprint density at radius 1 is 1.30 bits per heavy atom. The zero-order valence-electron chi connectivity index (χ0n) is 13.0. The van der Waals surface area contributed by atoms with Crippen molar-refractivity contribution in [3.05, 3.63) is 48.2 Å². The lowest BCUT2D eigenvalue weighted by molar-refractivity contribution is 0.0527. The Bertz CT molecular complexity index is 843. The summed E-state index contributed by atoms with van der Waals surface area (Å²) in [6.07, 6.45) is 3.03. The maximum atomic E-state index is 12.2. The van der Waals surface area contributed by atoms with E-state index in [2.05, 4.69) is 20.4 Å². The lowest BCUT2D eigenvalue weighted by atomic mass is 10.1. The second-order valence-corrected chi connectivity index (χ2v) is 4.94. The summed E-state index contributed by atoms with van der Waals surface area (Å²) in [6.45, 7) is 2.53. The van der Waals surface area contributed by atoms with E-state index in [1.165, 1.54) is 6.33 Å². The van der Waals surface area contributed by atoms with Crippen LogP contribution in [0.2, 0.25) is 0 Å². The topological polar surface area (TPSA) is 81.9 Å². The second-order valence-electron chi connectivity index (χ2n) is 4.94. The van der Waals surface area contributed by atoms with Gasteiger partial charge in [-0.3, -0.25) is 9.67 Å². The molecule has 118 valence electrons. The first-order valence-electron chi connectivity index (χ1n) is 7.32. The van der Waals surface area contributed by atoms with Crippen molar-refractivity contribution in [3.8, 4) is 0 Å². The number of aryl methyl sites for hydroxylation is 1. The Labute approximate surface area is 133 Å². The Balaban J connectivity index is 2.01. The highest BCUT2D eigenvalue weighted by Gasteiger charge is 2.16. The van der Waals surface area contributed by atoms with Crippen molar-refractivity contribution in [1.82, 2.24) is 19.7 Å². The molecule has 2 aromatic heterocycles. The average Bonchev–Trinajstić information content (AvgIpc) is 2.97. The number of rotatable bonds is 5. The first-order valence-corrected chi connectivity index (χ1v) is 7.32. The molecule has 0 spiro atoms. The van der Waals surface area contributed by atoms with Gasteiger partial charge in [-0.25, -0.2) is 9.78 Å². The van der Waals surface area contributed by atoms with E-state index in [9.17, 15) is 4.79 Å². The van der Waals surface area contributed by atoms with Crippen LogP contribution in [0.4, 0.5) is 5.69 Å². The highest BCUT2D eigenvalue weighted by atomic mass is 16.5. The molecule has 0 atom stereocenters. The molecule has 0 saturated carbocycles. The maximum Gasteiger partial charge on any atom is 0.341 e. The summed E-state index contributed by atoms with van der Waals surface area (Å²) in [4.78, 5) is 20.7. The van der Waals surface area contributed by atoms with E-state index in [0.717, 1.165) is 16.7 Å². The molecule has 1 N–H and O–H groups in total. The smallest absolute Gasteiger partial charge is 0.341 e. The van der Waals surface area contributed by atoms with Gasteiger partial charge in [-0.15, -0.1) is 0 Å². The number of aromatic nitrogens is 4. The van der Waals surface area contributed by atoms with Gasteiger partial charge in [0.15, 0.2) is 0 Å². The number of carbonyl (C=O) groups excluding carboxylic acids is 1. The molecule has 0 unspecified atom stereocenters. The average molecular weight is 311 g/mol. The van der Waals surface area contributed by atoms with Crippen LogP contribution in [0.3, 0.4) is 0 Å². The van der Waals surface area contributed by atoms with Gasteiger partial charge >= 0.3 is 5.97 Å². The normalized spacial score (nSPS) is 10.7. The standard InChI is InChI=1S/C16H17N5O2/c1-3-23-16(22)12-8-17-13-7-5-4-6-11(13)15(12)18-9-14-19-10-20-21(14)2/h4-8,10H,3,9H2,1-2H3,(H,17,18). The van der Waals surface area contributed by atoms with Gasteiger partial charge in [-0.2, -0.15) is 5.10 Å². The van der Waals surface area contributed by atoms with Crippen LogP contribution in [-0.4, -0.2) is 32.3 Å². The van der Waals surface area contributed by atoms with E-state index in [-0.39, 0.29) is 0 Å². The van der Waals surface area contributed by atoms with Crippen molar-refractivity contribution in [2.45, 2.75) is 13.5 Å². The molecular formula is C16H17N5O2. The molecule has 0 aliphatic rings. The third-order valence-electron chi connectivity index (χ3n) is 3.50. The van der Waals surface area contributed by atoms with Crippen LogP contribution in [0, 0.1) is 0 Å². The number of benzene rings is 1. The highest BCUT2D eigenvalue weighted by molar-refractivity contribution is 6.04. The van der Waals surface area contributed by atoms with E-state index in [1.807, 2.05) is 31.3 Å². The third kappa shape index (κ3) is 2.98. The number of hydrogen-bond donors (Lipinski definition) is 1. The number of pyridine rings is 1. The first-order chi connectivity index (χ1) is 11.2. The fourth-order valence-electron chi connectivity index (χ4n) is 2.34. The number of fused-ring (bicyclic) bond motifs is 1. The second kappa shape index (κ2) is 6.43. The molecule has 7 heteroatoms. The minimum atomic E-state index is -0.397. The molecule has 0 bridgehead atoms. The van der Waals surface area contributed by atoms with Crippen molar-refractivity contribution >= 4 is 22.6 Å². The van der Waals surface area contributed by atoms with Crippen LogP contribution in [0.25, 0.3) is 10.9 Å². The fourth-order valence-corrected chi connectivity index (χ4v) is 2.34. The van der Waals surface area contributed by atoms with Crippen molar-refractivity contribution in [2.75, 3.05) is 11.9 Å². The molecule has 2 heterocycles. The van der Waals surface area contributed by atoms with E-state index >= 15 is 0 Å². The summed E-state index contributed by atoms with van der Waals surface area (Å²) in [5.41, 5.74) is 1.91. The Kier molecular flexibility index (Phi) is 4.18. The van der Waals surface area contributed by atoms with Gasteiger partial charge in [-0.1, -0.05) is 18.2 Å². The van der Waals surface area contributed by atoms with Gasteiger partial charge in [0.1, 0.15) is 17.7 Å². The van der Waals surface area contributed by atoms with Crippen molar-refractivity contribution in [2.24, 2.45) is 7.05 Å². The number of anilines is 1. The van der Waals surface area contributed by atoms with Crippen molar-refractivity contribution < 1.29 is 9.53 Å². The summed E-state index contributed by atoms with van der Waals surface area (Å²) >= 11 is 0. The summed E-state index contributed by atoms with van der Waals surface area (Å²) in [6, 6.07) is 7.64. The molecule has 0 amide bonds. The first kappa shape index (κ1) is 15.0. The van der Waals surface area contributed by atoms with E-state index in [0.29, 0.717) is 24.4 Å². The van der Waals surface area contributed by atoms with Crippen LogP contribution >= 0.6 is 0 Å². The third-order valence-corrected chi connectivity index (χ3v) is 3.50. The molecule has 1 aromatic carbocycles. The van der Waals surface area contributed by atoms with Gasteiger partial charge in [0, 0.05) is 18.6 Å². The van der Waals surface area contributed by atoms with E-state index in [4.69, 9.17) is 4.74 Å². The molecule has 0 fully saturated rings. The molecule has 0 aliphatic carbocycles. The number of hydrogen-bond acceptors (Lipinski definition) is 6. The Morgan fingerprint density at radius 3 is 2.87 bits per heavy atom. The minimum Gasteiger partial charge on any atom is -0.462 e. The predicted octanol–water partition coefficient (Wildman–Crippen LogP) is 2.15. The van der Waals surface area contributed by atoms with Crippen LogP contribution in [-0.2, 0) is 18.3 Å². The van der Waals surface area contributed by atoms with Crippen molar-refractivity contribution in [1.29, 1.82) is 0 Å². The summed E-state index contributed by atoms with van der Waals surface area (Å²) in [5.74, 6) is 0.368. The molecule has 0 radical (unpaired) electrons. The molecular weight excluding hydrogens is 294 g/mol. The number of esters is 1. The Morgan fingerprint density at radius 2 is 2.13 bits per heavy atom. The number of nitrogens with one attached hydrogen (secondary N) is 1. The van der Waals surface area contributed by atoms with Crippen LogP contribution in [0.1, 0.15) is 23.1 Å². The molecule has 7 nitrogen and oxygen atoms in total. The Hall–Kier alpha value is -2.96. The number of para-hydroxylation sites is 1. The van der Waals surface area contributed by atoms with Gasteiger partial charge in [0.25, 0.3) is 0 Å². The quantitative estimate of drug-likeness (QED) is 0.727. The number of ether oxygens (including phenoxy) is 1. The van der Waals surface area contributed by atoms with E-state index < -0.39 is 5.97 Å². The lowest BCUT2D eigenvalue weighted by Gasteiger charge is -2.13. The summed E-state index contributed by atoms with van der Waals surface area (Å²) in [5, 5.41) is 8.18. The molecule has 3 rings (SSSR count). The van der Waals surface area contributed by atoms with Gasteiger partial charge in [0.2, 0.25) is 0 Å². The monoisotopic (exact) mass is 311 g/mol. The summed E-state index contributed by atoms with van der Waals surface area (Å²) in [7, 11) is 1.82. The fraction of sp³-hybridized carbons (Fsp3) is 0.250. The molecule has 3 aromatic rings. The van der Waals surface area contributed by atoms with Crippen LogP contribution in [0.15, 0.2) is 36.8 Å². The lowest BCUT2D eigenvalue weighted by Crippen LogP contribution is -2.13.